The van der Waals surface area contributed by atoms with Crippen LogP contribution in [0.3, 0.4) is 0 Å². The molecule has 0 aliphatic carbocycles. The highest BCUT2D eigenvalue weighted by Crippen LogP contribution is 2.26. The van der Waals surface area contributed by atoms with Crippen molar-refractivity contribution in [2.45, 2.75) is 31.2 Å². The number of carbonyl (C=O) groups is 2. The molecule has 0 spiro atoms. The van der Waals surface area contributed by atoms with Crippen LogP contribution in [0.15, 0.2) is 52.1 Å². The maximum Gasteiger partial charge on any atom is 0.341 e. The molecule has 0 N–H and O–H groups in total. The number of ketones is 1. The number of ether oxygens (including phenoxy) is 2. The molecule has 2 aromatic heterocycles. The SMILES string of the molecule is COc1ccc(C(C)=O)cc1COC(=O)c1cccnc1SCc1cc(C)on1. The number of pyridine rings is 1. The number of carbonyl (C=O) groups excluding carboxylic acids is 2. The summed E-state index contributed by atoms with van der Waals surface area (Å²) in [6.45, 7) is 3.28. The topological polar surface area (TPSA) is 91.5 Å². The number of methoxy groups -OCH3 is 1. The van der Waals surface area contributed by atoms with Gasteiger partial charge in [-0.05, 0) is 44.2 Å². The van der Waals surface area contributed by atoms with Gasteiger partial charge in [0.1, 0.15) is 23.1 Å². The third-order valence-electron chi connectivity index (χ3n) is 4.07. The molecule has 150 valence electrons. The number of nitrogens with zero attached hydrogens (tertiary/aromatic N) is 2. The Balaban J connectivity index is 1.71. The van der Waals surface area contributed by atoms with Gasteiger partial charge in [0.15, 0.2) is 5.78 Å². The minimum absolute atomic E-state index is 0.0232. The molecule has 0 amide bonds. The summed E-state index contributed by atoms with van der Waals surface area (Å²) >= 11 is 1.37. The lowest BCUT2D eigenvalue weighted by Crippen LogP contribution is -2.09. The van der Waals surface area contributed by atoms with E-state index in [-0.39, 0.29) is 12.4 Å². The molecule has 0 aliphatic heterocycles. The van der Waals surface area contributed by atoms with Crippen molar-refractivity contribution in [2.75, 3.05) is 7.11 Å². The van der Waals surface area contributed by atoms with E-state index in [0.29, 0.717) is 33.2 Å². The fourth-order valence-electron chi connectivity index (χ4n) is 2.62. The molecule has 0 radical (unpaired) electrons. The van der Waals surface area contributed by atoms with Gasteiger partial charge in [-0.15, -0.1) is 0 Å². The van der Waals surface area contributed by atoms with Crippen LogP contribution >= 0.6 is 11.8 Å². The van der Waals surface area contributed by atoms with E-state index in [1.165, 1.54) is 25.8 Å². The quantitative estimate of drug-likeness (QED) is 0.308. The molecule has 0 unspecified atom stereocenters. The summed E-state index contributed by atoms with van der Waals surface area (Å²) < 4.78 is 15.8. The van der Waals surface area contributed by atoms with E-state index in [1.807, 2.05) is 13.0 Å². The number of rotatable bonds is 8. The Hall–Kier alpha value is -3.13. The zero-order chi connectivity index (χ0) is 20.8. The number of Topliss-reactive ketones (excluding diaryl/α,β-unsaturated/α-hetero) is 1. The number of hydrogen-bond acceptors (Lipinski definition) is 8. The Morgan fingerprint density at radius 3 is 2.72 bits per heavy atom. The molecule has 2 heterocycles. The summed E-state index contributed by atoms with van der Waals surface area (Å²) in [4.78, 5) is 28.6. The van der Waals surface area contributed by atoms with Gasteiger partial charge in [0.05, 0.1) is 18.4 Å². The molecule has 8 heteroatoms. The molecule has 0 fully saturated rings. The summed E-state index contributed by atoms with van der Waals surface area (Å²) in [7, 11) is 1.52. The summed E-state index contributed by atoms with van der Waals surface area (Å²) in [6, 6.07) is 10.2. The largest absolute Gasteiger partial charge is 0.496 e. The molecule has 0 saturated carbocycles. The van der Waals surface area contributed by atoms with E-state index in [9.17, 15) is 9.59 Å². The lowest BCUT2D eigenvalue weighted by Gasteiger charge is -2.11. The molecule has 0 atom stereocenters. The first-order valence-electron chi connectivity index (χ1n) is 8.83. The third-order valence-corrected chi connectivity index (χ3v) is 5.11. The lowest BCUT2D eigenvalue weighted by atomic mass is 10.1. The Labute approximate surface area is 172 Å². The maximum absolute atomic E-state index is 12.7. The van der Waals surface area contributed by atoms with Gasteiger partial charge in [-0.1, -0.05) is 16.9 Å². The summed E-state index contributed by atoms with van der Waals surface area (Å²) in [6.07, 6.45) is 1.62. The van der Waals surface area contributed by atoms with Gasteiger partial charge in [-0.3, -0.25) is 4.79 Å². The number of esters is 1. The summed E-state index contributed by atoms with van der Waals surface area (Å²) in [5, 5.41) is 4.49. The van der Waals surface area contributed by atoms with Gasteiger partial charge in [0.2, 0.25) is 0 Å². The van der Waals surface area contributed by atoms with E-state index in [0.717, 1.165) is 11.5 Å². The zero-order valence-electron chi connectivity index (χ0n) is 16.3. The highest BCUT2D eigenvalue weighted by atomic mass is 32.2. The average molecular weight is 412 g/mol. The smallest absolute Gasteiger partial charge is 0.341 e. The minimum atomic E-state index is -0.507. The van der Waals surface area contributed by atoms with Crippen molar-refractivity contribution in [3.63, 3.8) is 0 Å². The second kappa shape index (κ2) is 9.38. The van der Waals surface area contributed by atoms with E-state index in [4.69, 9.17) is 14.0 Å². The van der Waals surface area contributed by atoms with Crippen molar-refractivity contribution in [3.05, 3.63) is 70.7 Å². The van der Waals surface area contributed by atoms with E-state index in [1.54, 1.807) is 36.5 Å². The van der Waals surface area contributed by atoms with Gasteiger partial charge >= 0.3 is 5.97 Å². The fraction of sp³-hybridized carbons (Fsp3) is 0.238. The van der Waals surface area contributed by atoms with Gasteiger partial charge < -0.3 is 14.0 Å². The Kier molecular flexibility index (Phi) is 6.66. The van der Waals surface area contributed by atoms with E-state index >= 15 is 0 Å². The molecule has 0 aliphatic rings. The normalized spacial score (nSPS) is 10.6. The second-order valence-corrected chi connectivity index (χ2v) is 7.20. The molecule has 3 aromatic rings. The predicted octanol–water partition coefficient (Wildman–Crippen LogP) is 4.24. The Bertz CT molecular complexity index is 1030. The molecule has 1 aromatic carbocycles. The Morgan fingerprint density at radius 2 is 2.03 bits per heavy atom. The number of benzene rings is 1. The Morgan fingerprint density at radius 1 is 1.21 bits per heavy atom. The number of aryl methyl sites for hydroxylation is 1. The molecule has 0 bridgehead atoms. The average Bonchev–Trinajstić information content (AvgIpc) is 3.15. The summed E-state index contributed by atoms with van der Waals surface area (Å²) in [5.41, 5.74) is 2.27. The van der Waals surface area contributed by atoms with Crippen molar-refractivity contribution < 1.29 is 23.6 Å². The van der Waals surface area contributed by atoms with Crippen LogP contribution in [-0.4, -0.2) is 29.0 Å². The standard InChI is InChI=1S/C21H20N2O5S/c1-13-9-17(23-28-13)12-29-20-18(5-4-8-22-20)21(25)27-11-16-10-15(14(2)24)6-7-19(16)26-3/h4-10H,11-12H2,1-3H3. The highest BCUT2D eigenvalue weighted by molar-refractivity contribution is 7.98. The number of aromatic nitrogens is 2. The maximum atomic E-state index is 12.7. The van der Waals surface area contributed by atoms with Crippen LogP contribution in [0.25, 0.3) is 0 Å². The molecular weight excluding hydrogens is 392 g/mol. The molecule has 0 saturated heterocycles. The van der Waals surface area contributed by atoms with Crippen LogP contribution in [-0.2, 0) is 17.1 Å². The van der Waals surface area contributed by atoms with Gasteiger partial charge in [0.25, 0.3) is 0 Å². The third kappa shape index (κ3) is 5.23. The fourth-order valence-corrected chi connectivity index (χ4v) is 3.48. The van der Waals surface area contributed by atoms with Crippen LogP contribution in [0.4, 0.5) is 0 Å². The number of hydrogen-bond donors (Lipinski definition) is 0. The summed E-state index contributed by atoms with van der Waals surface area (Å²) in [5.74, 6) is 1.21. The van der Waals surface area contributed by atoms with Crippen LogP contribution < -0.4 is 4.74 Å². The minimum Gasteiger partial charge on any atom is -0.496 e. The van der Waals surface area contributed by atoms with Crippen molar-refractivity contribution in [1.29, 1.82) is 0 Å². The van der Waals surface area contributed by atoms with E-state index < -0.39 is 5.97 Å². The van der Waals surface area contributed by atoms with Crippen LogP contribution in [0.5, 0.6) is 5.75 Å². The van der Waals surface area contributed by atoms with Gasteiger partial charge in [-0.2, -0.15) is 0 Å². The van der Waals surface area contributed by atoms with Crippen LogP contribution in [0.2, 0.25) is 0 Å². The molecule has 7 nitrogen and oxygen atoms in total. The van der Waals surface area contributed by atoms with Crippen molar-refractivity contribution >= 4 is 23.5 Å². The zero-order valence-corrected chi connectivity index (χ0v) is 17.1. The number of thioether (sulfide) groups is 1. The monoisotopic (exact) mass is 412 g/mol. The van der Waals surface area contributed by atoms with Crippen molar-refractivity contribution in [2.24, 2.45) is 0 Å². The second-order valence-electron chi connectivity index (χ2n) is 6.23. The van der Waals surface area contributed by atoms with Crippen molar-refractivity contribution in [1.82, 2.24) is 10.1 Å². The predicted molar refractivity (Wildman–Crippen MR) is 107 cm³/mol. The first-order valence-corrected chi connectivity index (χ1v) is 9.81. The molecular formula is C21H20N2O5S. The first kappa shape index (κ1) is 20.6. The van der Waals surface area contributed by atoms with E-state index in [2.05, 4.69) is 10.1 Å². The van der Waals surface area contributed by atoms with Gasteiger partial charge in [0, 0.05) is 29.1 Å². The lowest BCUT2D eigenvalue weighted by molar-refractivity contribution is 0.0465. The molecule has 29 heavy (non-hydrogen) atoms. The van der Waals surface area contributed by atoms with Gasteiger partial charge in [-0.25, -0.2) is 9.78 Å². The molecule has 3 rings (SSSR count). The highest BCUT2D eigenvalue weighted by Gasteiger charge is 2.17. The van der Waals surface area contributed by atoms with Crippen LogP contribution in [0, 0.1) is 6.92 Å². The van der Waals surface area contributed by atoms with Crippen LogP contribution in [0.1, 0.15) is 44.7 Å². The van der Waals surface area contributed by atoms with Crippen molar-refractivity contribution in [3.8, 4) is 5.75 Å². The first-order chi connectivity index (χ1) is 14.0.